The molecule has 0 radical (unpaired) electrons. The van der Waals surface area contributed by atoms with Crippen molar-refractivity contribution in [3.63, 3.8) is 0 Å². The van der Waals surface area contributed by atoms with Crippen LogP contribution in [0.3, 0.4) is 0 Å². The lowest BCUT2D eigenvalue weighted by molar-refractivity contribution is 0.102. The van der Waals surface area contributed by atoms with E-state index >= 15 is 0 Å². The zero-order valence-electron chi connectivity index (χ0n) is 9.75. The standard InChI is InChI=1S/C13H7Cl3FNO2/c14-8-5-9(15)12(19)10(11(8)16)13(20)18-7-3-1-2-6(17)4-7/h1-5,19H,(H,18,20). The summed E-state index contributed by atoms with van der Waals surface area (Å²) in [4.78, 5) is 12.1. The second-order valence-corrected chi connectivity index (χ2v) is 5.03. The van der Waals surface area contributed by atoms with E-state index in [1.807, 2.05) is 0 Å². The normalized spacial score (nSPS) is 10.4. The molecule has 104 valence electrons. The molecule has 0 heterocycles. The number of amides is 1. The summed E-state index contributed by atoms with van der Waals surface area (Å²) in [6, 6.07) is 6.49. The number of hydrogen-bond donors (Lipinski definition) is 2. The Bertz CT molecular complexity index is 665. The van der Waals surface area contributed by atoms with Crippen molar-refractivity contribution in [1.82, 2.24) is 0 Å². The van der Waals surface area contributed by atoms with Gasteiger partial charge in [0, 0.05) is 5.69 Å². The molecule has 7 heteroatoms. The second-order valence-electron chi connectivity index (χ2n) is 3.84. The van der Waals surface area contributed by atoms with Crippen LogP contribution in [-0.4, -0.2) is 11.0 Å². The van der Waals surface area contributed by atoms with Gasteiger partial charge in [-0.05, 0) is 24.3 Å². The predicted molar refractivity (Wildman–Crippen MR) is 77.5 cm³/mol. The van der Waals surface area contributed by atoms with E-state index in [1.165, 1.54) is 24.3 Å². The fraction of sp³-hybridized carbons (Fsp3) is 0. The molecule has 0 aromatic heterocycles. The Hall–Kier alpha value is -1.49. The molecule has 3 nitrogen and oxygen atoms in total. The molecule has 0 aliphatic rings. The fourth-order valence-corrected chi connectivity index (χ4v) is 2.25. The molecule has 2 N–H and O–H groups in total. The molecule has 0 unspecified atom stereocenters. The summed E-state index contributed by atoms with van der Waals surface area (Å²) in [6.07, 6.45) is 0. The van der Waals surface area contributed by atoms with Crippen molar-refractivity contribution in [3.8, 4) is 5.75 Å². The first kappa shape index (κ1) is 14.9. The molecule has 20 heavy (non-hydrogen) atoms. The number of rotatable bonds is 2. The highest BCUT2D eigenvalue weighted by Gasteiger charge is 2.21. The highest BCUT2D eigenvalue weighted by Crippen LogP contribution is 2.38. The summed E-state index contributed by atoms with van der Waals surface area (Å²) >= 11 is 17.4. The zero-order chi connectivity index (χ0) is 14.9. The first-order valence-corrected chi connectivity index (χ1v) is 6.47. The van der Waals surface area contributed by atoms with Crippen LogP contribution in [0.2, 0.25) is 15.1 Å². The van der Waals surface area contributed by atoms with Crippen LogP contribution < -0.4 is 5.32 Å². The van der Waals surface area contributed by atoms with E-state index in [0.29, 0.717) is 0 Å². The van der Waals surface area contributed by atoms with E-state index in [4.69, 9.17) is 34.8 Å². The van der Waals surface area contributed by atoms with Gasteiger partial charge in [-0.2, -0.15) is 0 Å². The van der Waals surface area contributed by atoms with Crippen molar-refractivity contribution in [2.45, 2.75) is 0 Å². The first-order chi connectivity index (χ1) is 9.40. The third-order valence-electron chi connectivity index (χ3n) is 2.46. The van der Waals surface area contributed by atoms with Crippen molar-refractivity contribution in [1.29, 1.82) is 0 Å². The van der Waals surface area contributed by atoms with Gasteiger partial charge in [0.2, 0.25) is 0 Å². The molecular weight excluding hydrogens is 328 g/mol. The number of carbonyl (C=O) groups is 1. The molecule has 0 spiro atoms. The van der Waals surface area contributed by atoms with Crippen LogP contribution in [0.4, 0.5) is 10.1 Å². The quantitative estimate of drug-likeness (QED) is 0.779. The summed E-state index contributed by atoms with van der Waals surface area (Å²) in [6.45, 7) is 0. The number of nitrogens with one attached hydrogen (secondary N) is 1. The number of carbonyl (C=O) groups excluding carboxylic acids is 1. The van der Waals surface area contributed by atoms with Crippen LogP contribution in [0.1, 0.15) is 10.4 Å². The molecule has 0 aliphatic carbocycles. The minimum Gasteiger partial charge on any atom is -0.505 e. The first-order valence-electron chi connectivity index (χ1n) is 5.33. The number of halogens is 4. The van der Waals surface area contributed by atoms with Crippen LogP contribution in [-0.2, 0) is 0 Å². The van der Waals surface area contributed by atoms with Crippen molar-refractivity contribution in [2.75, 3.05) is 5.32 Å². The molecule has 0 fully saturated rings. The Balaban J connectivity index is 2.39. The van der Waals surface area contributed by atoms with E-state index in [0.717, 1.165) is 6.07 Å². The van der Waals surface area contributed by atoms with Gasteiger partial charge >= 0.3 is 0 Å². The maximum Gasteiger partial charge on any atom is 0.261 e. The number of phenolic OH excluding ortho intramolecular Hbond substituents is 1. The van der Waals surface area contributed by atoms with Gasteiger partial charge in [0.05, 0.1) is 15.1 Å². The summed E-state index contributed by atoms with van der Waals surface area (Å²) in [7, 11) is 0. The van der Waals surface area contributed by atoms with Crippen LogP contribution >= 0.6 is 34.8 Å². The molecule has 0 atom stereocenters. The smallest absolute Gasteiger partial charge is 0.261 e. The van der Waals surface area contributed by atoms with Gasteiger partial charge in [0.15, 0.2) is 0 Å². The summed E-state index contributed by atoms with van der Waals surface area (Å²) < 4.78 is 13.0. The third-order valence-corrected chi connectivity index (χ3v) is 3.53. The molecular formula is C13H7Cl3FNO2. The Labute approximate surface area is 128 Å². The average molecular weight is 335 g/mol. The topological polar surface area (TPSA) is 49.3 Å². The Morgan fingerprint density at radius 3 is 2.50 bits per heavy atom. The molecule has 0 aliphatic heterocycles. The van der Waals surface area contributed by atoms with Gasteiger partial charge in [0.1, 0.15) is 17.1 Å². The SMILES string of the molecule is O=C(Nc1cccc(F)c1)c1c(O)c(Cl)cc(Cl)c1Cl. The molecule has 2 aromatic rings. The number of aromatic hydroxyl groups is 1. The molecule has 1 amide bonds. The summed E-state index contributed by atoms with van der Waals surface area (Å²) in [5, 5.41) is 12.0. The van der Waals surface area contributed by atoms with Crippen LogP contribution in [0, 0.1) is 5.82 Å². The van der Waals surface area contributed by atoms with Crippen molar-refractivity contribution < 1.29 is 14.3 Å². The molecule has 2 rings (SSSR count). The van der Waals surface area contributed by atoms with Crippen molar-refractivity contribution in [3.05, 3.63) is 56.8 Å². The average Bonchev–Trinajstić information content (AvgIpc) is 2.36. The largest absolute Gasteiger partial charge is 0.505 e. The highest BCUT2D eigenvalue weighted by molar-refractivity contribution is 6.46. The van der Waals surface area contributed by atoms with Gasteiger partial charge in [0.25, 0.3) is 5.91 Å². The number of benzene rings is 2. The number of phenols is 1. The maximum absolute atomic E-state index is 13.0. The fourth-order valence-electron chi connectivity index (χ4n) is 1.55. The lowest BCUT2D eigenvalue weighted by atomic mass is 10.1. The maximum atomic E-state index is 13.0. The Morgan fingerprint density at radius 2 is 1.85 bits per heavy atom. The van der Waals surface area contributed by atoms with Crippen LogP contribution in [0.25, 0.3) is 0 Å². The molecule has 2 aromatic carbocycles. The Morgan fingerprint density at radius 1 is 1.15 bits per heavy atom. The van der Waals surface area contributed by atoms with E-state index in [2.05, 4.69) is 5.32 Å². The monoisotopic (exact) mass is 333 g/mol. The van der Waals surface area contributed by atoms with Gasteiger partial charge in [-0.15, -0.1) is 0 Å². The van der Waals surface area contributed by atoms with Gasteiger partial charge in [-0.25, -0.2) is 4.39 Å². The minimum absolute atomic E-state index is 0.0267. The van der Waals surface area contributed by atoms with Crippen LogP contribution in [0.5, 0.6) is 5.75 Å². The predicted octanol–water partition coefficient (Wildman–Crippen LogP) is 4.74. The van der Waals surface area contributed by atoms with E-state index < -0.39 is 17.5 Å². The highest BCUT2D eigenvalue weighted by atomic mass is 35.5. The zero-order valence-corrected chi connectivity index (χ0v) is 12.0. The molecule has 0 bridgehead atoms. The van der Waals surface area contributed by atoms with Crippen molar-refractivity contribution >= 4 is 46.4 Å². The van der Waals surface area contributed by atoms with Crippen molar-refractivity contribution in [2.24, 2.45) is 0 Å². The van der Waals surface area contributed by atoms with Crippen LogP contribution in [0.15, 0.2) is 30.3 Å². The van der Waals surface area contributed by atoms with E-state index in [1.54, 1.807) is 0 Å². The lowest BCUT2D eigenvalue weighted by Gasteiger charge is -2.11. The minimum atomic E-state index is -0.748. The third kappa shape index (κ3) is 2.98. The number of anilines is 1. The lowest BCUT2D eigenvalue weighted by Crippen LogP contribution is -2.13. The second kappa shape index (κ2) is 5.87. The van der Waals surface area contributed by atoms with Gasteiger partial charge in [-0.1, -0.05) is 40.9 Å². The number of hydrogen-bond acceptors (Lipinski definition) is 2. The van der Waals surface area contributed by atoms with Gasteiger partial charge in [-0.3, -0.25) is 4.79 Å². The van der Waals surface area contributed by atoms with E-state index in [-0.39, 0.29) is 26.3 Å². The van der Waals surface area contributed by atoms with Gasteiger partial charge < -0.3 is 10.4 Å². The summed E-state index contributed by atoms with van der Waals surface area (Å²) in [5.41, 5.74) is -0.0602. The molecule has 0 saturated heterocycles. The Kier molecular flexibility index (Phi) is 4.38. The molecule has 0 saturated carbocycles. The summed E-state index contributed by atoms with van der Waals surface area (Å²) in [5.74, 6) is -1.75. The van der Waals surface area contributed by atoms with E-state index in [9.17, 15) is 14.3 Å².